The molecule has 0 saturated heterocycles. The summed E-state index contributed by atoms with van der Waals surface area (Å²) in [6.07, 6.45) is 19.0. The van der Waals surface area contributed by atoms with Crippen molar-refractivity contribution < 1.29 is 0 Å². The Hall–Kier alpha value is -3.21. The minimum atomic E-state index is 0.966. The van der Waals surface area contributed by atoms with Gasteiger partial charge in [-0.2, -0.15) is 0 Å². The zero-order chi connectivity index (χ0) is 25.5. The summed E-state index contributed by atoms with van der Waals surface area (Å²) in [5, 5.41) is 0. The molecule has 0 aliphatic heterocycles. The number of hydrogen-bond donors (Lipinski definition) is 0. The second-order valence-electron chi connectivity index (χ2n) is 9.66. The van der Waals surface area contributed by atoms with Crippen LogP contribution in [-0.2, 0) is 71.9 Å². The molecular formula is C31H41N5. The maximum Gasteiger partial charge on any atom is 0.108 e. The van der Waals surface area contributed by atoms with E-state index in [1.165, 1.54) is 5.69 Å². The van der Waals surface area contributed by atoms with Crippen LogP contribution in [0.25, 0.3) is 0 Å². The van der Waals surface area contributed by atoms with Crippen molar-refractivity contribution in [2.75, 3.05) is 0 Å². The summed E-state index contributed by atoms with van der Waals surface area (Å²) in [7, 11) is 4.20. The normalized spacial score (nSPS) is 11.4. The molecule has 0 atom stereocenters. The third-order valence-electron chi connectivity index (χ3n) is 7.64. The van der Waals surface area contributed by atoms with Crippen LogP contribution in [0.15, 0.2) is 49.2 Å². The molecule has 0 saturated carbocycles. The van der Waals surface area contributed by atoms with Crippen LogP contribution in [0.3, 0.4) is 0 Å². The summed E-state index contributed by atoms with van der Waals surface area (Å²) >= 11 is 0. The zero-order valence-electron chi connectivity index (χ0n) is 22.7. The molecule has 0 aliphatic carbocycles. The first kappa shape index (κ1) is 25.9. The molecule has 0 aliphatic rings. The van der Waals surface area contributed by atoms with Crippen LogP contribution in [0, 0.1) is 0 Å². The van der Waals surface area contributed by atoms with E-state index in [1.54, 1.807) is 33.4 Å². The Morgan fingerprint density at radius 1 is 0.528 bits per heavy atom. The molecule has 5 nitrogen and oxygen atoms in total. The lowest BCUT2D eigenvalue weighted by atomic mass is 9.79. The minimum absolute atomic E-state index is 0.966. The van der Waals surface area contributed by atoms with Crippen molar-refractivity contribution in [3.8, 4) is 0 Å². The summed E-state index contributed by atoms with van der Waals surface area (Å²) in [4.78, 5) is 13.9. The number of aromatic nitrogens is 5. The standard InChI is InChI=1S/C31H41N5/c1-6-24-27(13-12-23-11-9-10-18-32-23)25(7-2)29(15-17-31-34-20-22-36(31)5)26(8-3)28(24)14-16-30-33-19-21-35(30)4/h9-11,18-22H,6-8,12-17H2,1-5H3. The van der Waals surface area contributed by atoms with Crippen LogP contribution < -0.4 is 0 Å². The van der Waals surface area contributed by atoms with Crippen LogP contribution in [0.5, 0.6) is 0 Å². The summed E-state index contributed by atoms with van der Waals surface area (Å²) in [6, 6.07) is 6.25. The molecule has 0 unspecified atom stereocenters. The lowest BCUT2D eigenvalue weighted by Gasteiger charge is -2.26. The highest BCUT2D eigenvalue weighted by molar-refractivity contribution is 5.53. The Labute approximate surface area is 216 Å². The first-order valence-corrected chi connectivity index (χ1v) is 13.6. The smallest absolute Gasteiger partial charge is 0.108 e. The SMILES string of the molecule is CCc1c(CCc2ccccn2)c(CC)c(CCc2nccn2C)c(CC)c1CCc1nccn1C. The first-order valence-electron chi connectivity index (χ1n) is 13.6. The van der Waals surface area contributed by atoms with E-state index in [0.717, 1.165) is 69.4 Å². The maximum absolute atomic E-state index is 4.62. The van der Waals surface area contributed by atoms with E-state index in [1.807, 2.05) is 37.1 Å². The molecule has 0 amide bonds. The summed E-state index contributed by atoms with van der Waals surface area (Å²) < 4.78 is 4.31. The molecule has 190 valence electrons. The van der Waals surface area contributed by atoms with Gasteiger partial charge in [-0.1, -0.05) is 26.8 Å². The van der Waals surface area contributed by atoms with Gasteiger partial charge >= 0.3 is 0 Å². The average Bonchev–Trinajstić information content (AvgIpc) is 3.51. The summed E-state index contributed by atoms with van der Waals surface area (Å²) in [5.74, 6) is 2.31. The van der Waals surface area contributed by atoms with Gasteiger partial charge in [0, 0.05) is 63.6 Å². The van der Waals surface area contributed by atoms with Crippen molar-refractivity contribution in [1.82, 2.24) is 24.1 Å². The molecule has 0 radical (unpaired) electrons. The number of benzene rings is 1. The topological polar surface area (TPSA) is 48.5 Å². The van der Waals surface area contributed by atoms with Gasteiger partial charge in [0.05, 0.1) is 0 Å². The highest BCUT2D eigenvalue weighted by Gasteiger charge is 2.22. The summed E-state index contributed by atoms with van der Waals surface area (Å²) in [6.45, 7) is 6.99. The number of aryl methyl sites for hydroxylation is 5. The van der Waals surface area contributed by atoms with Gasteiger partial charge < -0.3 is 9.13 Å². The van der Waals surface area contributed by atoms with Gasteiger partial charge in [0.25, 0.3) is 0 Å². The second kappa shape index (κ2) is 12.2. The van der Waals surface area contributed by atoms with E-state index < -0.39 is 0 Å². The number of pyridine rings is 1. The highest BCUT2D eigenvalue weighted by Crippen LogP contribution is 2.33. The minimum Gasteiger partial charge on any atom is -0.338 e. The van der Waals surface area contributed by atoms with Crippen LogP contribution in [0.2, 0.25) is 0 Å². The third kappa shape index (κ3) is 5.61. The van der Waals surface area contributed by atoms with E-state index in [9.17, 15) is 0 Å². The highest BCUT2D eigenvalue weighted by atomic mass is 15.0. The molecule has 36 heavy (non-hydrogen) atoms. The Morgan fingerprint density at radius 2 is 1.00 bits per heavy atom. The van der Waals surface area contributed by atoms with Gasteiger partial charge in [-0.25, -0.2) is 9.97 Å². The quantitative estimate of drug-likeness (QED) is 0.264. The Morgan fingerprint density at radius 3 is 1.36 bits per heavy atom. The fraction of sp³-hybridized carbons (Fsp3) is 0.452. The van der Waals surface area contributed by atoms with E-state index in [0.29, 0.717) is 0 Å². The predicted octanol–water partition coefficient (Wildman–Crippen LogP) is 5.59. The lowest BCUT2D eigenvalue weighted by molar-refractivity contribution is 0.740. The van der Waals surface area contributed by atoms with Gasteiger partial charge in [0.2, 0.25) is 0 Å². The fourth-order valence-electron chi connectivity index (χ4n) is 5.83. The molecule has 4 rings (SSSR count). The maximum atomic E-state index is 4.62. The molecule has 3 aromatic heterocycles. The number of hydrogen-bond acceptors (Lipinski definition) is 3. The largest absolute Gasteiger partial charge is 0.338 e. The van der Waals surface area contributed by atoms with Crippen LogP contribution in [-0.4, -0.2) is 24.1 Å². The van der Waals surface area contributed by atoms with Gasteiger partial charge in [0.1, 0.15) is 11.6 Å². The van der Waals surface area contributed by atoms with Crippen molar-refractivity contribution >= 4 is 0 Å². The Kier molecular flexibility index (Phi) is 8.74. The van der Waals surface area contributed by atoms with Gasteiger partial charge in [-0.15, -0.1) is 0 Å². The molecule has 0 fully saturated rings. The molecular weight excluding hydrogens is 442 g/mol. The van der Waals surface area contributed by atoms with E-state index in [4.69, 9.17) is 0 Å². The molecule has 5 heteroatoms. The second-order valence-corrected chi connectivity index (χ2v) is 9.66. The average molecular weight is 484 g/mol. The Bertz CT molecular complexity index is 1190. The number of imidazole rings is 2. The Balaban J connectivity index is 1.78. The van der Waals surface area contributed by atoms with Crippen molar-refractivity contribution in [2.24, 2.45) is 14.1 Å². The van der Waals surface area contributed by atoms with Gasteiger partial charge in [-0.3, -0.25) is 4.98 Å². The molecule has 0 bridgehead atoms. The van der Waals surface area contributed by atoms with E-state index in [2.05, 4.69) is 71.1 Å². The third-order valence-corrected chi connectivity index (χ3v) is 7.64. The van der Waals surface area contributed by atoms with E-state index >= 15 is 0 Å². The van der Waals surface area contributed by atoms with Gasteiger partial charge in [0.15, 0.2) is 0 Å². The van der Waals surface area contributed by atoms with Crippen LogP contribution in [0.1, 0.15) is 71.5 Å². The number of rotatable bonds is 12. The van der Waals surface area contributed by atoms with Crippen molar-refractivity contribution in [2.45, 2.75) is 78.6 Å². The molecule has 1 aromatic carbocycles. The van der Waals surface area contributed by atoms with Crippen molar-refractivity contribution in [3.05, 3.63) is 99.9 Å². The summed E-state index contributed by atoms with van der Waals surface area (Å²) in [5.41, 5.74) is 10.5. The van der Waals surface area contributed by atoms with E-state index in [-0.39, 0.29) is 0 Å². The molecule has 4 aromatic rings. The predicted molar refractivity (Wildman–Crippen MR) is 147 cm³/mol. The molecule has 0 N–H and O–H groups in total. The van der Waals surface area contributed by atoms with Gasteiger partial charge in [-0.05, 0) is 90.5 Å². The first-order chi connectivity index (χ1) is 17.6. The van der Waals surface area contributed by atoms with Crippen molar-refractivity contribution in [1.29, 1.82) is 0 Å². The zero-order valence-corrected chi connectivity index (χ0v) is 22.7. The monoisotopic (exact) mass is 483 g/mol. The molecule has 0 spiro atoms. The van der Waals surface area contributed by atoms with Crippen molar-refractivity contribution in [3.63, 3.8) is 0 Å². The fourth-order valence-corrected chi connectivity index (χ4v) is 5.83. The number of nitrogens with zero attached hydrogens (tertiary/aromatic N) is 5. The molecule has 3 heterocycles. The lowest BCUT2D eigenvalue weighted by Crippen LogP contribution is -2.16. The van der Waals surface area contributed by atoms with Crippen LogP contribution in [0.4, 0.5) is 0 Å². The van der Waals surface area contributed by atoms with Crippen LogP contribution >= 0.6 is 0 Å².